The van der Waals surface area contributed by atoms with E-state index in [9.17, 15) is 0 Å². The van der Waals surface area contributed by atoms with E-state index >= 15 is 0 Å². The maximum Gasteiger partial charge on any atom is 0.191 e. The van der Waals surface area contributed by atoms with Gasteiger partial charge in [-0.25, -0.2) is 9.98 Å². The molecule has 2 aliphatic heterocycles. The van der Waals surface area contributed by atoms with Crippen molar-refractivity contribution >= 4 is 35.8 Å². The summed E-state index contributed by atoms with van der Waals surface area (Å²) < 4.78 is 5.50. The quantitative estimate of drug-likeness (QED) is 0.307. The second-order valence-electron chi connectivity index (χ2n) is 8.77. The highest BCUT2D eigenvalue weighted by atomic mass is 127. The number of guanidine groups is 1. The maximum atomic E-state index is 5.50. The van der Waals surface area contributed by atoms with Crippen molar-refractivity contribution in [3.05, 3.63) is 23.9 Å². The Morgan fingerprint density at radius 3 is 2.52 bits per heavy atom. The number of halogens is 1. The Morgan fingerprint density at radius 1 is 1.13 bits per heavy atom. The van der Waals surface area contributed by atoms with Crippen LogP contribution in [0, 0.1) is 0 Å². The molecule has 2 aliphatic rings. The van der Waals surface area contributed by atoms with Gasteiger partial charge in [-0.3, -0.25) is 4.90 Å². The number of anilines is 1. The number of ether oxygens (including phenoxy) is 1. The number of likely N-dealkylation sites (N-methyl/N-ethyl adjacent to an activating group) is 1. The first-order valence-electron chi connectivity index (χ1n) is 11.2. The largest absolute Gasteiger partial charge is 0.379 e. The van der Waals surface area contributed by atoms with Crippen LogP contribution in [0.5, 0.6) is 0 Å². The monoisotopic (exact) mass is 545 g/mol. The van der Waals surface area contributed by atoms with Crippen LogP contribution in [-0.4, -0.2) is 98.9 Å². The van der Waals surface area contributed by atoms with Crippen molar-refractivity contribution in [1.29, 1.82) is 0 Å². The fraction of sp³-hybridized carbons (Fsp3) is 0.727. The van der Waals surface area contributed by atoms with Crippen molar-refractivity contribution < 1.29 is 4.74 Å². The van der Waals surface area contributed by atoms with Crippen LogP contribution in [0.4, 0.5) is 5.82 Å². The molecule has 9 heteroatoms. The highest BCUT2D eigenvalue weighted by Gasteiger charge is 2.28. The van der Waals surface area contributed by atoms with Crippen molar-refractivity contribution in [2.24, 2.45) is 4.99 Å². The van der Waals surface area contributed by atoms with Gasteiger partial charge in [0.15, 0.2) is 5.96 Å². The summed E-state index contributed by atoms with van der Waals surface area (Å²) in [5, 5.41) is 6.91. The lowest BCUT2D eigenvalue weighted by Crippen LogP contribution is -2.56. The van der Waals surface area contributed by atoms with Crippen molar-refractivity contribution in [2.75, 3.05) is 77.5 Å². The zero-order valence-corrected chi connectivity index (χ0v) is 21.9. The van der Waals surface area contributed by atoms with Crippen LogP contribution in [0.1, 0.15) is 26.3 Å². The lowest BCUT2D eigenvalue weighted by molar-refractivity contribution is -0.00834. The molecule has 31 heavy (non-hydrogen) atoms. The summed E-state index contributed by atoms with van der Waals surface area (Å²) in [7, 11) is 2.17. The summed E-state index contributed by atoms with van der Waals surface area (Å²) in [5.74, 6) is 1.92. The van der Waals surface area contributed by atoms with Gasteiger partial charge in [-0.15, -0.1) is 24.0 Å². The smallest absolute Gasteiger partial charge is 0.191 e. The normalized spacial score (nSPS) is 19.1. The van der Waals surface area contributed by atoms with Crippen LogP contribution in [0.25, 0.3) is 0 Å². The standard InChI is InChI=1S/C22H39N7O.HI/c1-5-23-21(26-18-22(2,3)29-12-14-30-15-13-29)25-17-19-6-7-24-20(16-19)28-10-8-27(4)9-11-28;/h6-7,16H,5,8-15,17-18H2,1-4H3,(H2,23,25,26);1H. The van der Waals surface area contributed by atoms with Crippen LogP contribution >= 0.6 is 24.0 Å². The molecule has 2 fully saturated rings. The van der Waals surface area contributed by atoms with Crippen molar-refractivity contribution in [1.82, 2.24) is 25.4 Å². The first-order valence-corrected chi connectivity index (χ1v) is 11.2. The predicted octanol–water partition coefficient (Wildman–Crippen LogP) is 1.62. The summed E-state index contributed by atoms with van der Waals surface area (Å²) in [4.78, 5) is 16.6. The summed E-state index contributed by atoms with van der Waals surface area (Å²) in [6, 6.07) is 4.24. The number of pyridine rings is 1. The molecule has 176 valence electrons. The summed E-state index contributed by atoms with van der Waals surface area (Å²) in [6.07, 6.45) is 1.90. The molecule has 3 heterocycles. The van der Waals surface area contributed by atoms with E-state index in [1.54, 1.807) is 0 Å². The van der Waals surface area contributed by atoms with Gasteiger partial charge in [0.25, 0.3) is 0 Å². The number of hydrogen-bond acceptors (Lipinski definition) is 6. The summed E-state index contributed by atoms with van der Waals surface area (Å²) in [5.41, 5.74) is 1.23. The first-order chi connectivity index (χ1) is 14.5. The highest BCUT2D eigenvalue weighted by molar-refractivity contribution is 14.0. The first kappa shape index (κ1) is 26.1. The topological polar surface area (TPSA) is 68.3 Å². The van der Waals surface area contributed by atoms with Crippen molar-refractivity contribution in [2.45, 2.75) is 32.9 Å². The fourth-order valence-electron chi connectivity index (χ4n) is 3.86. The molecular formula is C22H40IN7O. The van der Waals surface area contributed by atoms with Gasteiger partial charge in [-0.05, 0) is 45.5 Å². The maximum absolute atomic E-state index is 5.50. The van der Waals surface area contributed by atoms with E-state index in [4.69, 9.17) is 9.73 Å². The molecule has 8 nitrogen and oxygen atoms in total. The zero-order valence-electron chi connectivity index (χ0n) is 19.6. The van der Waals surface area contributed by atoms with Gasteiger partial charge >= 0.3 is 0 Å². The Bertz CT molecular complexity index is 686. The Morgan fingerprint density at radius 2 is 1.84 bits per heavy atom. The minimum Gasteiger partial charge on any atom is -0.379 e. The van der Waals surface area contributed by atoms with Crippen LogP contribution in [0.2, 0.25) is 0 Å². The van der Waals surface area contributed by atoms with E-state index in [0.717, 1.165) is 77.3 Å². The number of nitrogens with one attached hydrogen (secondary N) is 2. The Labute approximate surface area is 204 Å². The number of aromatic nitrogens is 1. The minimum atomic E-state index is 0. The van der Waals surface area contributed by atoms with Crippen LogP contribution < -0.4 is 15.5 Å². The SMILES string of the molecule is CCNC(=NCc1ccnc(N2CCN(C)CC2)c1)NCC(C)(C)N1CCOCC1.I. The molecule has 0 aromatic carbocycles. The van der Waals surface area contributed by atoms with E-state index < -0.39 is 0 Å². The average Bonchev–Trinajstić information content (AvgIpc) is 2.77. The molecule has 0 amide bonds. The van der Waals surface area contributed by atoms with Gasteiger partial charge in [0.05, 0.1) is 19.8 Å². The molecule has 0 aliphatic carbocycles. The second kappa shape index (κ2) is 12.8. The van der Waals surface area contributed by atoms with Crippen LogP contribution in [0.15, 0.2) is 23.3 Å². The van der Waals surface area contributed by atoms with E-state index in [-0.39, 0.29) is 29.5 Å². The van der Waals surface area contributed by atoms with Gasteiger partial charge in [0.1, 0.15) is 5.82 Å². The number of rotatable bonds is 7. The third-order valence-corrected chi connectivity index (χ3v) is 5.96. The third-order valence-electron chi connectivity index (χ3n) is 5.96. The molecule has 3 rings (SSSR count). The molecule has 0 bridgehead atoms. The molecule has 0 atom stereocenters. The molecule has 1 aromatic heterocycles. The number of morpholine rings is 1. The molecular weight excluding hydrogens is 505 g/mol. The van der Waals surface area contributed by atoms with Gasteiger partial charge in [0.2, 0.25) is 0 Å². The van der Waals surface area contributed by atoms with Gasteiger partial charge < -0.3 is 25.2 Å². The van der Waals surface area contributed by atoms with Crippen molar-refractivity contribution in [3.63, 3.8) is 0 Å². The number of piperazine rings is 1. The Balaban J connectivity index is 0.00000341. The molecule has 2 N–H and O–H groups in total. The summed E-state index contributed by atoms with van der Waals surface area (Å²) in [6.45, 7) is 16.8. The highest BCUT2D eigenvalue weighted by Crippen LogP contribution is 2.16. The summed E-state index contributed by atoms with van der Waals surface area (Å²) >= 11 is 0. The van der Waals surface area contributed by atoms with Gasteiger partial charge in [-0.2, -0.15) is 0 Å². The number of hydrogen-bond donors (Lipinski definition) is 2. The second-order valence-corrected chi connectivity index (χ2v) is 8.77. The molecule has 0 saturated carbocycles. The Hall–Kier alpha value is -1.17. The van der Waals surface area contributed by atoms with Gasteiger partial charge in [-0.1, -0.05) is 0 Å². The number of aliphatic imine (C=N–C) groups is 1. The Kier molecular flexibility index (Phi) is 10.7. The van der Waals surface area contributed by atoms with Crippen molar-refractivity contribution in [3.8, 4) is 0 Å². The average molecular weight is 546 g/mol. The van der Waals surface area contributed by atoms with E-state index in [2.05, 4.69) is 70.3 Å². The minimum absolute atomic E-state index is 0. The molecule has 2 saturated heterocycles. The zero-order chi connectivity index (χ0) is 21.4. The predicted molar refractivity (Wildman–Crippen MR) is 139 cm³/mol. The van der Waals surface area contributed by atoms with E-state index in [0.29, 0.717) is 6.54 Å². The molecule has 0 spiro atoms. The van der Waals surface area contributed by atoms with E-state index in [1.807, 2.05) is 6.20 Å². The lowest BCUT2D eigenvalue weighted by Gasteiger charge is -2.41. The van der Waals surface area contributed by atoms with Crippen LogP contribution in [-0.2, 0) is 11.3 Å². The van der Waals surface area contributed by atoms with Gasteiger partial charge in [0, 0.05) is 64.1 Å². The molecule has 0 radical (unpaired) electrons. The lowest BCUT2D eigenvalue weighted by atomic mass is 10.0. The van der Waals surface area contributed by atoms with E-state index in [1.165, 1.54) is 5.56 Å². The third kappa shape index (κ3) is 8.03. The fourth-order valence-corrected chi connectivity index (χ4v) is 3.86. The van der Waals surface area contributed by atoms with Crippen LogP contribution in [0.3, 0.4) is 0 Å². The molecule has 1 aromatic rings. The number of nitrogens with zero attached hydrogens (tertiary/aromatic N) is 5. The molecule has 0 unspecified atom stereocenters.